The minimum absolute atomic E-state index is 0.126. The molecular formula is C20H15N3S2. The third-order valence-electron chi connectivity index (χ3n) is 3.67. The van der Waals surface area contributed by atoms with Crippen LogP contribution in [0.5, 0.6) is 0 Å². The van der Waals surface area contributed by atoms with Crippen LogP contribution in [0.2, 0.25) is 0 Å². The summed E-state index contributed by atoms with van der Waals surface area (Å²) < 4.78 is 0. The van der Waals surface area contributed by atoms with Gasteiger partial charge in [0.2, 0.25) is 0 Å². The van der Waals surface area contributed by atoms with Gasteiger partial charge in [-0.25, -0.2) is 0 Å². The van der Waals surface area contributed by atoms with Gasteiger partial charge in [-0.2, -0.15) is 10.5 Å². The van der Waals surface area contributed by atoms with Gasteiger partial charge in [0.1, 0.15) is 17.7 Å². The number of nitrogens with zero attached hydrogens (tertiary/aromatic N) is 3. The molecule has 0 saturated carbocycles. The van der Waals surface area contributed by atoms with Crippen molar-refractivity contribution >= 4 is 34.4 Å². The third-order valence-corrected chi connectivity index (χ3v) is 6.03. The van der Waals surface area contributed by atoms with Crippen molar-refractivity contribution in [2.45, 2.75) is 0 Å². The molecule has 0 N–H and O–H groups in total. The topological polar surface area (TPSA) is 50.8 Å². The minimum atomic E-state index is 0.126. The Hall–Kier alpha value is -2.86. The first-order valence-corrected chi connectivity index (χ1v) is 9.23. The maximum absolute atomic E-state index is 8.86. The van der Waals surface area contributed by atoms with Crippen LogP contribution in [0, 0.1) is 22.7 Å². The highest BCUT2D eigenvalue weighted by molar-refractivity contribution is 7.24. The number of anilines is 1. The van der Waals surface area contributed by atoms with Gasteiger partial charge in [0.25, 0.3) is 0 Å². The van der Waals surface area contributed by atoms with Gasteiger partial charge in [-0.05, 0) is 48.0 Å². The van der Waals surface area contributed by atoms with E-state index in [9.17, 15) is 0 Å². The van der Waals surface area contributed by atoms with Gasteiger partial charge in [-0.1, -0.05) is 12.1 Å². The highest BCUT2D eigenvalue weighted by atomic mass is 32.1. The van der Waals surface area contributed by atoms with E-state index in [-0.39, 0.29) is 5.57 Å². The van der Waals surface area contributed by atoms with Crippen LogP contribution >= 0.6 is 22.7 Å². The predicted octanol–water partition coefficient (Wildman–Crippen LogP) is 5.64. The number of nitriles is 2. The van der Waals surface area contributed by atoms with Crippen molar-refractivity contribution in [2.75, 3.05) is 19.0 Å². The second kappa shape index (κ2) is 7.36. The van der Waals surface area contributed by atoms with Crippen molar-refractivity contribution < 1.29 is 0 Å². The predicted molar refractivity (Wildman–Crippen MR) is 107 cm³/mol. The number of allylic oxidation sites excluding steroid dienone is 1. The Labute approximate surface area is 155 Å². The Bertz CT molecular complexity index is 977. The summed E-state index contributed by atoms with van der Waals surface area (Å²) in [6, 6.07) is 20.5. The number of hydrogen-bond donors (Lipinski definition) is 0. The number of hydrogen-bond acceptors (Lipinski definition) is 5. The van der Waals surface area contributed by atoms with Crippen molar-refractivity contribution in [3.63, 3.8) is 0 Å². The second-order valence-electron chi connectivity index (χ2n) is 5.59. The van der Waals surface area contributed by atoms with Crippen molar-refractivity contribution in [1.29, 1.82) is 10.5 Å². The molecule has 0 aliphatic rings. The van der Waals surface area contributed by atoms with E-state index in [4.69, 9.17) is 10.5 Å². The molecule has 1 aromatic carbocycles. The average Bonchev–Trinajstić information content (AvgIpc) is 3.29. The smallest absolute Gasteiger partial charge is 0.131 e. The lowest BCUT2D eigenvalue weighted by Crippen LogP contribution is -2.07. The van der Waals surface area contributed by atoms with Crippen molar-refractivity contribution in [1.82, 2.24) is 0 Å². The minimum Gasteiger partial charge on any atom is -0.378 e. The molecule has 0 amide bonds. The van der Waals surface area contributed by atoms with Gasteiger partial charge in [0.15, 0.2) is 0 Å². The normalized spacial score (nSPS) is 9.92. The Morgan fingerprint density at radius 1 is 0.840 bits per heavy atom. The molecule has 3 aromatic rings. The van der Waals surface area contributed by atoms with Crippen LogP contribution in [0.1, 0.15) is 4.88 Å². The zero-order valence-electron chi connectivity index (χ0n) is 13.9. The summed E-state index contributed by atoms with van der Waals surface area (Å²) >= 11 is 3.33. The molecule has 2 aromatic heterocycles. The van der Waals surface area contributed by atoms with Gasteiger partial charge in [0.05, 0.1) is 0 Å². The van der Waals surface area contributed by atoms with Crippen LogP contribution in [0.4, 0.5) is 5.69 Å². The third kappa shape index (κ3) is 3.80. The molecule has 0 aliphatic carbocycles. The second-order valence-corrected chi connectivity index (χ2v) is 7.79. The van der Waals surface area contributed by atoms with Crippen molar-refractivity contribution in [3.05, 3.63) is 59.0 Å². The molecule has 0 aliphatic heterocycles. The maximum Gasteiger partial charge on any atom is 0.131 e. The zero-order valence-corrected chi connectivity index (χ0v) is 15.5. The molecule has 0 atom stereocenters. The van der Waals surface area contributed by atoms with Gasteiger partial charge in [-0.15, -0.1) is 22.7 Å². The molecule has 0 spiro atoms. The first-order chi connectivity index (χ1) is 12.1. The van der Waals surface area contributed by atoms with Gasteiger partial charge in [0, 0.05) is 39.3 Å². The van der Waals surface area contributed by atoms with Crippen LogP contribution < -0.4 is 4.90 Å². The van der Waals surface area contributed by atoms with Gasteiger partial charge < -0.3 is 4.90 Å². The van der Waals surface area contributed by atoms with Crippen molar-refractivity contribution in [3.8, 4) is 32.3 Å². The van der Waals surface area contributed by atoms with E-state index in [1.807, 2.05) is 38.4 Å². The largest absolute Gasteiger partial charge is 0.378 e. The molecule has 0 saturated heterocycles. The van der Waals surface area contributed by atoms with Crippen LogP contribution in [-0.4, -0.2) is 14.1 Å². The average molecular weight is 361 g/mol. The fraction of sp³-hybridized carbons (Fsp3) is 0.100. The Kier molecular flexibility index (Phi) is 5.00. The van der Waals surface area contributed by atoms with Gasteiger partial charge in [-0.3, -0.25) is 0 Å². The zero-order chi connectivity index (χ0) is 17.8. The standard InChI is InChI=1S/C20H15N3S2/c1-23(2)16-5-3-15(4-6-16)18-9-10-20(25-18)19-8-7-17(24-19)11-14(12-21)13-22/h3-11H,1-2H3. The SMILES string of the molecule is CN(C)c1ccc(-c2ccc(-c3ccc(C=C(C#N)C#N)s3)s2)cc1. The van der Waals surface area contributed by atoms with E-state index in [0.29, 0.717) is 0 Å². The Morgan fingerprint density at radius 2 is 1.44 bits per heavy atom. The molecule has 0 fully saturated rings. The first-order valence-electron chi connectivity index (χ1n) is 7.60. The van der Waals surface area contributed by atoms with Crippen LogP contribution in [0.25, 0.3) is 26.3 Å². The molecule has 3 nitrogen and oxygen atoms in total. The van der Waals surface area contributed by atoms with E-state index in [1.54, 1.807) is 28.7 Å². The van der Waals surface area contributed by atoms with Crippen molar-refractivity contribution in [2.24, 2.45) is 0 Å². The summed E-state index contributed by atoms with van der Waals surface area (Å²) in [6.45, 7) is 0. The summed E-state index contributed by atoms with van der Waals surface area (Å²) in [4.78, 5) is 6.55. The lowest BCUT2D eigenvalue weighted by molar-refractivity contribution is 1.13. The highest BCUT2D eigenvalue weighted by Crippen LogP contribution is 2.38. The summed E-state index contributed by atoms with van der Waals surface area (Å²) in [5.74, 6) is 0. The van der Waals surface area contributed by atoms with E-state index in [2.05, 4.69) is 41.3 Å². The van der Waals surface area contributed by atoms with Gasteiger partial charge >= 0.3 is 0 Å². The molecule has 3 rings (SSSR count). The molecule has 25 heavy (non-hydrogen) atoms. The molecular weight excluding hydrogens is 346 g/mol. The Morgan fingerprint density at radius 3 is 2.08 bits per heavy atom. The summed E-state index contributed by atoms with van der Waals surface area (Å²) in [5, 5.41) is 17.7. The summed E-state index contributed by atoms with van der Waals surface area (Å²) in [5.41, 5.74) is 2.51. The fourth-order valence-corrected chi connectivity index (χ4v) is 4.40. The number of benzene rings is 1. The fourth-order valence-electron chi connectivity index (χ4n) is 2.34. The Balaban J connectivity index is 1.85. The van der Waals surface area contributed by atoms with E-state index in [1.165, 1.54) is 21.0 Å². The van der Waals surface area contributed by atoms with E-state index < -0.39 is 0 Å². The molecule has 0 bridgehead atoms. The molecule has 122 valence electrons. The number of thiophene rings is 2. The van der Waals surface area contributed by atoms with Crippen LogP contribution in [0.3, 0.4) is 0 Å². The van der Waals surface area contributed by atoms with Crippen LogP contribution in [0.15, 0.2) is 54.1 Å². The number of rotatable bonds is 4. The molecule has 0 unspecified atom stereocenters. The highest BCUT2D eigenvalue weighted by Gasteiger charge is 2.08. The monoisotopic (exact) mass is 361 g/mol. The summed E-state index contributed by atoms with van der Waals surface area (Å²) in [6.07, 6.45) is 1.63. The summed E-state index contributed by atoms with van der Waals surface area (Å²) in [7, 11) is 4.07. The van der Waals surface area contributed by atoms with E-state index in [0.717, 1.165) is 9.75 Å². The lowest BCUT2D eigenvalue weighted by Gasteiger charge is -2.12. The lowest BCUT2D eigenvalue weighted by atomic mass is 10.1. The van der Waals surface area contributed by atoms with Crippen LogP contribution in [-0.2, 0) is 0 Å². The quantitative estimate of drug-likeness (QED) is 0.565. The van der Waals surface area contributed by atoms with E-state index >= 15 is 0 Å². The maximum atomic E-state index is 8.86. The molecule has 2 heterocycles. The molecule has 0 radical (unpaired) electrons. The molecule has 5 heteroatoms. The first kappa shape index (κ1) is 17.0.